The number of hydrogen-bond acceptors (Lipinski definition) is 3. The molecule has 16 heavy (non-hydrogen) atoms. The Hall–Kier alpha value is -1.23. The van der Waals surface area contributed by atoms with Crippen LogP contribution >= 0.6 is 11.3 Å². The Morgan fingerprint density at radius 2 is 2.12 bits per heavy atom. The highest BCUT2D eigenvalue weighted by atomic mass is 32.1. The lowest BCUT2D eigenvalue weighted by Crippen LogP contribution is -2.29. The van der Waals surface area contributed by atoms with E-state index in [2.05, 4.69) is 5.43 Å². The molecule has 1 atom stereocenters. The van der Waals surface area contributed by atoms with Crippen LogP contribution in [0.15, 0.2) is 35.7 Å². The average molecular weight is 236 g/mol. The maximum absolute atomic E-state index is 13.9. The van der Waals surface area contributed by atoms with Crippen molar-refractivity contribution in [3.05, 3.63) is 57.5 Å². The molecular weight excluding hydrogens is 223 g/mol. The molecule has 0 bridgehead atoms. The zero-order chi connectivity index (χ0) is 11.5. The summed E-state index contributed by atoms with van der Waals surface area (Å²) in [6.07, 6.45) is 0. The van der Waals surface area contributed by atoms with E-state index in [0.29, 0.717) is 11.1 Å². The minimum Gasteiger partial charge on any atom is -0.271 e. The van der Waals surface area contributed by atoms with E-state index >= 15 is 0 Å². The summed E-state index contributed by atoms with van der Waals surface area (Å²) in [5, 5.41) is 1.95. The molecule has 1 heterocycles. The van der Waals surface area contributed by atoms with Crippen LogP contribution in [0, 0.1) is 12.7 Å². The quantitative estimate of drug-likeness (QED) is 0.635. The molecule has 0 fully saturated rings. The van der Waals surface area contributed by atoms with Crippen molar-refractivity contribution in [2.45, 2.75) is 13.0 Å². The van der Waals surface area contributed by atoms with Crippen molar-refractivity contribution in [3.63, 3.8) is 0 Å². The number of hydrazine groups is 1. The van der Waals surface area contributed by atoms with Crippen molar-refractivity contribution in [2.24, 2.45) is 5.84 Å². The van der Waals surface area contributed by atoms with E-state index in [1.54, 1.807) is 30.4 Å². The van der Waals surface area contributed by atoms with E-state index in [1.807, 2.05) is 23.6 Å². The third-order valence-electron chi connectivity index (χ3n) is 2.53. The van der Waals surface area contributed by atoms with Crippen LogP contribution in [-0.4, -0.2) is 0 Å². The molecule has 0 aliphatic carbocycles. The molecule has 0 spiro atoms. The first-order chi connectivity index (χ1) is 7.74. The Morgan fingerprint density at radius 1 is 1.31 bits per heavy atom. The van der Waals surface area contributed by atoms with Crippen LogP contribution in [0.3, 0.4) is 0 Å². The second-order valence-electron chi connectivity index (χ2n) is 3.59. The summed E-state index contributed by atoms with van der Waals surface area (Å²) in [4.78, 5) is 1.01. The van der Waals surface area contributed by atoms with Gasteiger partial charge in [0, 0.05) is 10.4 Å². The van der Waals surface area contributed by atoms with E-state index in [0.717, 1.165) is 4.88 Å². The van der Waals surface area contributed by atoms with Gasteiger partial charge in [-0.25, -0.2) is 9.82 Å². The number of rotatable bonds is 3. The normalized spacial score (nSPS) is 12.7. The standard InChI is InChI=1S/C12H13FN2S/c1-8-4-2-5-9(11(8)13)12(15-14)10-6-3-7-16-10/h2-7,12,15H,14H2,1H3. The molecule has 3 N–H and O–H groups in total. The van der Waals surface area contributed by atoms with Gasteiger partial charge in [-0.1, -0.05) is 24.3 Å². The molecule has 0 aliphatic heterocycles. The fraction of sp³-hybridized carbons (Fsp3) is 0.167. The molecule has 4 heteroatoms. The predicted molar refractivity (Wildman–Crippen MR) is 64.6 cm³/mol. The minimum absolute atomic E-state index is 0.196. The highest BCUT2D eigenvalue weighted by Gasteiger charge is 2.17. The zero-order valence-corrected chi connectivity index (χ0v) is 9.72. The van der Waals surface area contributed by atoms with E-state index in [1.165, 1.54) is 0 Å². The lowest BCUT2D eigenvalue weighted by molar-refractivity contribution is 0.558. The Balaban J connectivity index is 2.45. The third-order valence-corrected chi connectivity index (χ3v) is 3.46. The summed E-state index contributed by atoms with van der Waals surface area (Å²) in [5.74, 6) is 5.31. The van der Waals surface area contributed by atoms with E-state index < -0.39 is 0 Å². The summed E-state index contributed by atoms with van der Waals surface area (Å²) >= 11 is 1.56. The smallest absolute Gasteiger partial charge is 0.131 e. The molecule has 2 rings (SSSR count). The van der Waals surface area contributed by atoms with Crippen molar-refractivity contribution in [2.75, 3.05) is 0 Å². The first-order valence-electron chi connectivity index (χ1n) is 4.98. The first-order valence-corrected chi connectivity index (χ1v) is 5.86. The van der Waals surface area contributed by atoms with Gasteiger partial charge in [0.1, 0.15) is 5.82 Å². The lowest BCUT2D eigenvalue weighted by atomic mass is 10.0. The first kappa shape index (κ1) is 11.3. The largest absolute Gasteiger partial charge is 0.271 e. The van der Waals surface area contributed by atoms with E-state index in [9.17, 15) is 4.39 Å². The van der Waals surface area contributed by atoms with Crippen molar-refractivity contribution in [3.8, 4) is 0 Å². The number of aryl methyl sites for hydroxylation is 1. The summed E-state index contributed by atoms with van der Waals surface area (Å²) in [6.45, 7) is 1.75. The van der Waals surface area contributed by atoms with Crippen LogP contribution in [0.5, 0.6) is 0 Å². The molecule has 0 saturated carbocycles. The number of hydrogen-bond donors (Lipinski definition) is 2. The molecule has 84 valence electrons. The predicted octanol–water partition coefficient (Wildman–Crippen LogP) is 2.75. The maximum Gasteiger partial charge on any atom is 0.131 e. The summed E-state index contributed by atoms with van der Waals surface area (Å²) in [7, 11) is 0. The molecule has 1 aromatic heterocycles. The van der Waals surface area contributed by atoms with Crippen LogP contribution in [0.25, 0.3) is 0 Å². The Bertz CT molecular complexity index is 468. The van der Waals surface area contributed by atoms with Crippen molar-refractivity contribution in [1.82, 2.24) is 5.43 Å². The van der Waals surface area contributed by atoms with Crippen molar-refractivity contribution < 1.29 is 4.39 Å². The Kier molecular flexibility index (Phi) is 3.33. The second kappa shape index (κ2) is 4.74. The van der Waals surface area contributed by atoms with Gasteiger partial charge in [0.15, 0.2) is 0 Å². The fourth-order valence-corrected chi connectivity index (χ4v) is 2.48. The SMILES string of the molecule is Cc1cccc(C(NN)c2cccs2)c1F. The van der Waals surface area contributed by atoms with E-state index in [-0.39, 0.29) is 11.9 Å². The summed E-state index contributed by atoms with van der Waals surface area (Å²) in [6, 6.07) is 8.94. The summed E-state index contributed by atoms with van der Waals surface area (Å²) in [5.41, 5.74) is 3.88. The number of thiophene rings is 1. The average Bonchev–Trinajstić information content (AvgIpc) is 2.79. The fourth-order valence-electron chi connectivity index (χ4n) is 1.67. The van der Waals surface area contributed by atoms with Gasteiger partial charge in [-0.2, -0.15) is 0 Å². The van der Waals surface area contributed by atoms with Crippen LogP contribution < -0.4 is 11.3 Å². The lowest BCUT2D eigenvalue weighted by Gasteiger charge is -2.16. The molecule has 0 aliphatic rings. The van der Waals surface area contributed by atoms with Gasteiger partial charge in [-0.15, -0.1) is 11.3 Å². The number of nitrogens with one attached hydrogen (secondary N) is 1. The topological polar surface area (TPSA) is 38.0 Å². The van der Waals surface area contributed by atoms with Crippen molar-refractivity contribution >= 4 is 11.3 Å². The number of nitrogens with two attached hydrogens (primary N) is 1. The number of benzene rings is 1. The van der Waals surface area contributed by atoms with Crippen LogP contribution in [0.1, 0.15) is 22.0 Å². The van der Waals surface area contributed by atoms with Gasteiger partial charge in [-0.05, 0) is 23.9 Å². The minimum atomic E-state index is -0.278. The summed E-state index contributed by atoms with van der Waals surface area (Å²) < 4.78 is 13.9. The Labute approximate surface area is 97.9 Å². The van der Waals surface area contributed by atoms with Crippen LogP contribution in [0.2, 0.25) is 0 Å². The van der Waals surface area contributed by atoms with Crippen LogP contribution in [-0.2, 0) is 0 Å². The molecule has 1 unspecified atom stereocenters. The van der Waals surface area contributed by atoms with Gasteiger partial charge in [0.2, 0.25) is 0 Å². The maximum atomic E-state index is 13.9. The van der Waals surface area contributed by atoms with Gasteiger partial charge >= 0.3 is 0 Å². The molecule has 0 saturated heterocycles. The van der Waals surface area contributed by atoms with Gasteiger partial charge in [0.25, 0.3) is 0 Å². The molecule has 0 radical (unpaired) electrons. The van der Waals surface area contributed by atoms with Gasteiger partial charge < -0.3 is 0 Å². The zero-order valence-electron chi connectivity index (χ0n) is 8.91. The third kappa shape index (κ3) is 2.00. The number of halogens is 1. The van der Waals surface area contributed by atoms with Gasteiger partial charge in [0.05, 0.1) is 6.04 Å². The Morgan fingerprint density at radius 3 is 2.75 bits per heavy atom. The molecule has 1 aromatic carbocycles. The van der Waals surface area contributed by atoms with Crippen LogP contribution in [0.4, 0.5) is 4.39 Å². The molecular formula is C12H13FN2S. The van der Waals surface area contributed by atoms with Gasteiger partial charge in [-0.3, -0.25) is 5.84 Å². The molecule has 2 nitrogen and oxygen atoms in total. The highest BCUT2D eigenvalue weighted by molar-refractivity contribution is 7.10. The second-order valence-corrected chi connectivity index (χ2v) is 4.57. The van der Waals surface area contributed by atoms with Crippen molar-refractivity contribution in [1.29, 1.82) is 0 Å². The molecule has 0 amide bonds. The van der Waals surface area contributed by atoms with E-state index in [4.69, 9.17) is 5.84 Å². The highest BCUT2D eigenvalue weighted by Crippen LogP contribution is 2.28. The monoisotopic (exact) mass is 236 g/mol. The molecule has 2 aromatic rings.